The standard InChI is InChI=1S/C15H26B2/c1-9-10(14(2,3)4)8-11(16)13(17)12(9)15(5,6)7/h8H,16-17H2,1-7H3. The molecule has 1 aromatic carbocycles. The second-order valence-electron chi connectivity index (χ2n) is 7.37. The molecule has 0 unspecified atom stereocenters. The van der Waals surface area contributed by atoms with Crippen LogP contribution in [0.25, 0.3) is 0 Å². The summed E-state index contributed by atoms with van der Waals surface area (Å²) in [5.41, 5.74) is 7.83. The molecule has 1 aromatic rings. The fraction of sp³-hybridized carbons (Fsp3) is 0.600. The minimum Gasteiger partial charge on any atom is -0.0945 e. The molecule has 0 aliphatic carbocycles. The summed E-state index contributed by atoms with van der Waals surface area (Å²) < 4.78 is 0. The summed E-state index contributed by atoms with van der Waals surface area (Å²) in [5.74, 6) is 0. The van der Waals surface area contributed by atoms with E-state index in [4.69, 9.17) is 0 Å². The zero-order valence-electron chi connectivity index (χ0n) is 13.1. The van der Waals surface area contributed by atoms with Crippen molar-refractivity contribution in [2.24, 2.45) is 0 Å². The van der Waals surface area contributed by atoms with E-state index in [-0.39, 0.29) is 10.8 Å². The van der Waals surface area contributed by atoms with Crippen LogP contribution in [0.3, 0.4) is 0 Å². The third kappa shape index (κ3) is 2.78. The van der Waals surface area contributed by atoms with Crippen LogP contribution in [-0.4, -0.2) is 15.7 Å². The average molecular weight is 228 g/mol. The second-order valence-corrected chi connectivity index (χ2v) is 7.37. The van der Waals surface area contributed by atoms with E-state index in [9.17, 15) is 0 Å². The number of rotatable bonds is 0. The zero-order chi connectivity index (χ0) is 13.6. The van der Waals surface area contributed by atoms with E-state index in [0.29, 0.717) is 0 Å². The normalized spacial score (nSPS) is 12.9. The molecule has 0 bridgehead atoms. The van der Waals surface area contributed by atoms with Gasteiger partial charge in [0.05, 0.1) is 0 Å². The third-order valence-corrected chi connectivity index (χ3v) is 3.66. The van der Waals surface area contributed by atoms with Crippen LogP contribution in [0.5, 0.6) is 0 Å². The molecule has 17 heavy (non-hydrogen) atoms. The first-order valence-electron chi connectivity index (χ1n) is 6.58. The van der Waals surface area contributed by atoms with E-state index in [1.54, 1.807) is 0 Å². The van der Waals surface area contributed by atoms with Gasteiger partial charge in [-0.15, -0.1) is 0 Å². The monoisotopic (exact) mass is 228 g/mol. The minimum atomic E-state index is 0.222. The fourth-order valence-electron chi connectivity index (χ4n) is 2.95. The number of benzene rings is 1. The largest absolute Gasteiger partial charge is 0.138 e. The van der Waals surface area contributed by atoms with Crippen molar-refractivity contribution in [3.63, 3.8) is 0 Å². The molecule has 0 saturated heterocycles. The molecule has 0 amide bonds. The van der Waals surface area contributed by atoms with Gasteiger partial charge in [-0.2, -0.15) is 0 Å². The lowest BCUT2D eigenvalue weighted by Gasteiger charge is -2.32. The van der Waals surface area contributed by atoms with Gasteiger partial charge in [0, 0.05) is 0 Å². The van der Waals surface area contributed by atoms with Gasteiger partial charge in [-0.1, -0.05) is 58.5 Å². The maximum atomic E-state index is 2.37. The highest BCUT2D eigenvalue weighted by atomic mass is 14.3. The average Bonchev–Trinajstić information content (AvgIpc) is 2.07. The fourth-order valence-corrected chi connectivity index (χ4v) is 2.95. The Morgan fingerprint density at radius 2 is 1.35 bits per heavy atom. The van der Waals surface area contributed by atoms with Crippen LogP contribution in [0.2, 0.25) is 0 Å². The van der Waals surface area contributed by atoms with E-state index < -0.39 is 0 Å². The highest BCUT2D eigenvalue weighted by Crippen LogP contribution is 2.31. The summed E-state index contributed by atoms with van der Waals surface area (Å²) in [6.45, 7) is 16.1. The predicted octanol–water partition coefficient (Wildman–Crippen LogP) is 1.11. The van der Waals surface area contributed by atoms with Gasteiger partial charge >= 0.3 is 0 Å². The highest BCUT2D eigenvalue weighted by Gasteiger charge is 2.25. The van der Waals surface area contributed by atoms with Crippen molar-refractivity contribution in [1.29, 1.82) is 0 Å². The quantitative estimate of drug-likeness (QED) is 0.583. The molecule has 0 nitrogen and oxygen atoms in total. The zero-order valence-corrected chi connectivity index (χ0v) is 13.1. The van der Waals surface area contributed by atoms with E-state index in [1.165, 1.54) is 27.6 Å². The number of hydrogen-bond donors (Lipinski definition) is 0. The smallest absolute Gasteiger partial charge is 0.0945 e. The first kappa shape index (κ1) is 14.4. The summed E-state index contributed by atoms with van der Waals surface area (Å²) in [6, 6.07) is 2.37. The van der Waals surface area contributed by atoms with Crippen molar-refractivity contribution in [3.05, 3.63) is 22.8 Å². The van der Waals surface area contributed by atoms with Crippen molar-refractivity contribution in [1.82, 2.24) is 0 Å². The molecular formula is C15H26B2. The first-order valence-corrected chi connectivity index (χ1v) is 6.58. The van der Waals surface area contributed by atoms with Crippen molar-refractivity contribution < 1.29 is 0 Å². The lowest BCUT2D eigenvalue weighted by molar-refractivity contribution is 0.564. The Balaban J connectivity index is 3.67. The first-order chi connectivity index (χ1) is 7.46. The molecule has 0 fully saturated rings. The minimum absolute atomic E-state index is 0.222. The highest BCUT2D eigenvalue weighted by molar-refractivity contribution is 6.49. The van der Waals surface area contributed by atoms with Crippen LogP contribution in [0, 0.1) is 6.92 Å². The predicted molar refractivity (Wildman–Crippen MR) is 84.9 cm³/mol. The van der Waals surface area contributed by atoms with Gasteiger partial charge in [-0.25, -0.2) is 0 Å². The molecule has 0 aromatic heterocycles. The van der Waals surface area contributed by atoms with Gasteiger partial charge < -0.3 is 0 Å². The maximum absolute atomic E-state index is 2.37. The summed E-state index contributed by atoms with van der Waals surface area (Å²) in [6.07, 6.45) is 0. The molecule has 0 aliphatic rings. The SMILES string of the molecule is Bc1cc(C(C)(C)C)c(C)c(C(C)(C)C)c1B. The van der Waals surface area contributed by atoms with Gasteiger partial charge in [0.2, 0.25) is 0 Å². The van der Waals surface area contributed by atoms with E-state index in [1.807, 2.05) is 0 Å². The van der Waals surface area contributed by atoms with Crippen LogP contribution < -0.4 is 10.9 Å². The topological polar surface area (TPSA) is 0 Å². The summed E-state index contributed by atoms with van der Waals surface area (Å²) >= 11 is 0. The Hall–Kier alpha value is -0.650. The summed E-state index contributed by atoms with van der Waals surface area (Å²) in [5, 5.41) is 0. The van der Waals surface area contributed by atoms with Crippen LogP contribution in [0.1, 0.15) is 58.2 Å². The Morgan fingerprint density at radius 1 is 0.882 bits per heavy atom. The molecule has 92 valence electrons. The van der Waals surface area contributed by atoms with Crippen molar-refractivity contribution >= 4 is 26.6 Å². The van der Waals surface area contributed by atoms with Crippen molar-refractivity contribution in [3.8, 4) is 0 Å². The van der Waals surface area contributed by atoms with Gasteiger partial charge in [0.1, 0.15) is 15.7 Å². The van der Waals surface area contributed by atoms with Gasteiger partial charge in [-0.3, -0.25) is 0 Å². The lowest BCUT2D eigenvalue weighted by Crippen LogP contribution is -2.38. The second kappa shape index (κ2) is 4.23. The molecule has 0 saturated carbocycles. The molecule has 1 rings (SSSR count). The van der Waals surface area contributed by atoms with E-state index in [2.05, 4.69) is 70.2 Å². The molecule has 0 N–H and O–H groups in total. The molecule has 0 aliphatic heterocycles. The van der Waals surface area contributed by atoms with E-state index >= 15 is 0 Å². The summed E-state index contributed by atoms with van der Waals surface area (Å²) in [7, 11) is 4.49. The van der Waals surface area contributed by atoms with Gasteiger partial charge in [0.15, 0.2) is 0 Å². The molecule has 0 atom stereocenters. The van der Waals surface area contributed by atoms with Crippen LogP contribution in [0.15, 0.2) is 6.07 Å². The van der Waals surface area contributed by atoms with Gasteiger partial charge in [-0.05, 0) is 34.4 Å². The maximum Gasteiger partial charge on any atom is 0.138 e. The number of hydrogen-bond acceptors (Lipinski definition) is 0. The van der Waals surface area contributed by atoms with Crippen molar-refractivity contribution in [2.45, 2.75) is 59.3 Å². The molecule has 0 heterocycles. The third-order valence-electron chi connectivity index (χ3n) is 3.66. The Kier molecular flexibility index (Phi) is 3.58. The lowest BCUT2D eigenvalue weighted by atomic mass is 9.66. The Labute approximate surface area is 109 Å². The molecule has 0 radical (unpaired) electrons. The van der Waals surface area contributed by atoms with Crippen LogP contribution in [-0.2, 0) is 10.8 Å². The van der Waals surface area contributed by atoms with Gasteiger partial charge in [0.25, 0.3) is 0 Å². The van der Waals surface area contributed by atoms with Crippen LogP contribution >= 0.6 is 0 Å². The van der Waals surface area contributed by atoms with Crippen LogP contribution in [0.4, 0.5) is 0 Å². The van der Waals surface area contributed by atoms with E-state index in [0.717, 1.165) is 0 Å². The molecule has 2 heteroatoms. The Bertz CT molecular complexity index is 432. The molecular weight excluding hydrogens is 202 g/mol. The van der Waals surface area contributed by atoms with Crippen molar-refractivity contribution in [2.75, 3.05) is 0 Å². The Morgan fingerprint density at radius 3 is 1.71 bits per heavy atom. The molecule has 0 spiro atoms. The summed E-state index contributed by atoms with van der Waals surface area (Å²) in [4.78, 5) is 0.